The van der Waals surface area contributed by atoms with Crippen LogP contribution < -0.4 is 4.74 Å². The van der Waals surface area contributed by atoms with Crippen LogP contribution in [0.5, 0.6) is 11.5 Å². The van der Waals surface area contributed by atoms with Crippen LogP contribution in [-0.2, 0) is 21.5 Å². The first kappa shape index (κ1) is 14.8. The van der Waals surface area contributed by atoms with Crippen molar-refractivity contribution in [1.82, 2.24) is 4.90 Å². The minimum atomic E-state index is -0.188. The first-order valence-electron chi connectivity index (χ1n) is 8.35. The highest BCUT2D eigenvalue weighted by Crippen LogP contribution is 2.55. The Bertz CT molecular complexity index is 659. The number of nitrogens with zero attached hydrogens (tertiary/aromatic N) is 1. The molecule has 0 spiro atoms. The van der Waals surface area contributed by atoms with Gasteiger partial charge in [0.1, 0.15) is 6.10 Å². The molecule has 2 heterocycles. The third-order valence-corrected chi connectivity index (χ3v) is 5.97. The number of aromatic hydroxyl groups is 1. The molecule has 2 fully saturated rings. The molecular weight excluding hydrogens is 294 g/mol. The van der Waals surface area contributed by atoms with Crippen molar-refractivity contribution >= 4 is 5.97 Å². The van der Waals surface area contributed by atoms with E-state index in [1.54, 1.807) is 7.11 Å². The number of carbonyl (C=O) groups excluding carboxylic acids is 1. The molecule has 1 aliphatic carbocycles. The fourth-order valence-electron chi connectivity index (χ4n) is 5.03. The van der Waals surface area contributed by atoms with Gasteiger partial charge in [-0.25, -0.2) is 0 Å². The molecule has 1 aromatic rings. The highest BCUT2D eigenvalue weighted by atomic mass is 16.5. The lowest BCUT2D eigenvalue weighted by Crippen LogP contribution is -2.52. The van der Waals surface area contributed by atoms with E-state index in [0.717, 1.165) is 38.8 Å². The summed E-state index contributed by atoms with van der Waals surface area (Å²) in [6.45, 7) is 3.43. The normalized spacial score (nSPS) is 34.4. The molecule has 0 amide bonds. The van der Waals surface area contributed by atoms with Gasteiger partial charge in [-0.05, 0) is 49.1 Å². The third kappa shape index (κ3) is 2.13. The molecule has 2 bridgehead atoms. The predicted molar refractivity (Wildman–Crippen MR) is 84.6 cm³/mol. The molecule has 5 heteroatoms. The number of phenols is 1. The van der Waals surface area contributed by atoms with Crippen LogP contribution in [0.15, 0.2) is 12.1 Å². The van der Waals surface area contributed by atoms with Gasteiger partial charge < -0.3 is 14.6 Å². The van der Waals surface area contributed by atoms with Crippen LogP contribution in [0.1, 0.15) is 43.7 Å². The zero-order chi connectivity index (χ0) is 16.2. The molecule has 2 aliphatic heterocycles. The molecule has 3 aliphatic rings. The van der Waals surface area contributed by atoms with Gasteiger partial charge in [0.25, 0.3) is 0 Å². The summed E-state index contributed by atoms with van der Waals surface area (Å²) < 4.78 is 10.7. The van der Waals surface area contributed by atoms with Crippen LogP contribution in [0.25, 0.3) is 0 Å². The van der Waals surface area contributed by atoms with Gasteiger partial charge in [-0.15, -0.1) is 0 Å². The van der Waals surface area contributed by atoms with Gasteiger partial charge in [-0.2, -0.15) is 0 Å². The molecule has 23 heavy (non-hydrogen) atoms. The smallest absolute Gasteiger partial charge is 0.302 e. The maximum Gasteiger partial charge on any atom is 0.302 e. The zero-order valence-electron chi connectivity index (χ0n) is 13.7. The van der Waals surface area contributed by atoms with E-state index in [9.17, 15) is 9.90 Å². The second-order valence-electron chi connectivity index (χ2n) is 7.08. The fraction of sp³-hybridized carbons (Fsp3) is 0.611. The second kappa shape index (κ2) is 5.13. The molecule has 4 rings (SSSR count). The summed E-state index contributed by atoms with van der Waals surface area (Å²) >= 11 is 0. The van der Waals surface area contributed by atoms with Gasteiger partial charge in [-0.3, -0.25) is 9.69 Å². The van der Waals surface area contributed by atoms with Crippen molar-refractivity contribution in [2.24, 2.45) is 0 Å². The van der Waals surface area contributed by atoms with Crippen molar-refractivity contribution in [2.75, 3.05) is 13.7 Å². The molecule has 1 saturated carbocycles. The van der Waals surface area contributed by atoms with Gasteiger partial charge in [0.15, 0.2) is 11.5 Å². The van der Waals surface area contributed by atoms with Crippen LogP contribution in [-0.4, -0.2) is 41.8 Å². The molecule has 0 radical (unpaired) electrons. The number of ether oxygens (including phenoxy) is 2. The maximum absolute atomic E-state index is 11.3. The Labute approximate surface area is 136 Å². The first-order chi connectivity index (χ1) is 11.0. The van der Waals surface area contributed by atoms with Gasteiger partial charge in [0.05, 0.1) is 7.11 Å². The summed E-state index contributed by atoms with van der Waals surface area (Å²) in [6, 6.07) is 4.30. The van der Waals surface area contributed by atoms with E-state index < -0.39 is 0 Å². The summed E-state index contributed by atoms with van der Waals surface area (Å²) in [4.78, 5) is 13.8. The van der Waals surface area contributed by atoms with Gasteiger partial charge in [-0.1, -0.05) is 0 Å². The Morgan fingerprint density at radius 1 is 1.39 bits per heavy atom. The zero-order valence-corrected chi connectivity index (χ0v) is 13.7. The Kier molecular flexibility index (Phi) is 3.30. The summed E-state index contributed by atoms with van der Waals surface area (Å²) in [7, 11) is 1.59. The molecule has 1 unspecified atom stereocenters. The molecule has 1 N–H and O–H groups in total. The lowest BCUT2D eigenvalue weighted by Gasteiger charge is -2.48. The standard InChI is InChI=1S/C18H23NO4/c1-11(20)23-13-3-4-18-5-6-19(17(18)8-13)10-12-7-16(22-2)15(21)9-14(12)18/h7,9,13,17,21H,3-6,8,10H2,1-2H3/t13-,17-,18-/m0/s1. The Balaban J connectivity index is 1.71. The van der Waals surface area contributed by atoms with E-state index in [1.165, 1.54) is 18.1 Å². The molecule has 124 valence electrons. The quantitative estimate of drug-likeness (QED) is 0.849. The number of hydrogen-bond acceptors (Lipinski definition) is 5. The molecule has 5 nitrogen and oxygen atoms in total. The average Bonchev–Trinajstić information content (AvgIpc) is 2.79. The second-order valence-corrected chi connectivity index (χ2v) is 7.08. The Morgan fingerprint density at radius 3 is 2.96 bits per heavy atom. The summed E-state index contributed by atoms with van der Waals surface area (Å²) in [5.74, 6) is 0.585. The minimum absolute atomic E-state index is 0.0274. The number of benzene rings is 1. The van der Waals surface area contributed by atoms with Crippen LogP contribution in [0.4, 0.5) is 0 Å². The number of phenolic OH excluding ortho intramolecular Hbond substituents is 1. The Morgan fingerprint density at radius 2 is 2.22 bits per heavy atom. The van der Waals surface area contributed by atoms with E-state index in [1.807, 2.05) is 12.1 Å². The van der Waals surface area contributed by atoms with Crippen LogP contribution in [0.3, 0.4) is 0 Å². The van der Waals surface area contributed by atoms with E-state index in [-0.39, 0.29) is 23.2 Å². The third-order valence-electron chi connectivity index (χ3n) is 5.97. The predicted octanol–water partition coefficient (Wildman–Crippen LogP) is 2.34. The fourth-order valence-corrected chi connectivity index (χ4v) is 5.03. The number of esters is 1. The molecular formula is C18H23NO4. The number of rotatable bonds is 2. The molecule has 1 aromatic carbocycles. The van der Waals surface area contributed by atoms with Crippen molar-refractivity contribution in [3.8, 4) is 11.5 Å². The highest BCUT2D eigenvalue weighted by molar-refractivity contribution is 5.66. The van der Waals surface area contributed by atoms with Crippen molar-refractivity contribution in [1.29, 1.82) is 0 Å². The lowest BCUT2D eigenvalue weighted by molar-refractivity contribution is -0.149. The number of hydrogen-bond donors (Lipinski definition) is 1. The van der Waals surface area contributed by atoms with Gasteiger partial charge >= 0.3 is 5.97 Å². The van der Waals surface area contributed by atoms with Crippen molar-refractivity contribution in [2.45, 2.75) is 56.7 Å². The molecule has 0 aromatic heterocycles. The average molecular weight is 317 g/mol. The number of fused-ring (bicyclic) bond motifs is 1. The first-order valence-corrected chi connectivity index (χ1v) is 8.35. The van der Waals surface area contributed by atoms with Crippen LogP contribution in [0, 0.1) is 0 Å². The topological polar surface area (TPSA) is 59.0 Å². The van der Waals surface area contributed by atoms with Gasteiger partial charge in [0.2, 0.25) is 0 Å². The van der Waals surface area contributed by atoms with E-state index in [2.05, 4.69) is 4.90 Å². The number of methoxy groups -OCH3 is 1. The maximum atomic E-state index is 11.3. The Hall–Kier alpha value is -1.75. The molecule has 4 atom stereocenters. The van der Waals surface area contributed by atoms with Crippen LogP contribution >= 0.6 is 0 Å². The summed E-state index contributed by atoms with van der Waals surface area (Å²) in [5.41, 5.74) is 2.63. The van der Waals surface area contributed by atoms with E-state index >= 15 is 0 Å². The largest absolute Gasteiger partial charge is 0.504 e. The van der Waals surface area contributed by atoms with Crippen molar-refractivity contribution in [3.63, 3.8) is 0 Å². The number of carbonyl (C=O) groups is 1. The van der Waals surface area contributed by atoms with E-state index in [4.69, 9.17) is 9.47 Å². The highest BCUT2D eigenvalue weighted by Gasteiger charge is 2.55. The summed E-state index contributed by atoms with van der Waals surface area (Å²) in [6.07, 6.45) is 3.94. The SMILES string of the molecule is COc1cc2c(cc1O)[C@@]13CC[C@H](OC(C)=O)C[C@@H]1N(CC3)C2. The van der Waals surface area contributed by atoms with Crippen molar-refractivity contribution in [3.05, 3.63) is 23.3 Å². The van der Waals surface area contributed by atoms with Crippen LogP contribution in [0.2, 0.25) is 0 Å². The monoisotopic (exact) mass is 317 g/mol. The van der Waals surface area contributed by atoms with E-state index in [0.29, 0.717) is 11.8 Å². The lowest BCUT2D eigenvalue weighted by atomic mass is 9.63. The molecule has 1 saturated heterocycles. The van der Waals surface area contributed by atoms with Crippen molar-refractivity contribution < 1.29 is 19.4 Å². The minimum Gasteiger partial charge on any atom is -0.504 e. The van der Waals surface area contributed by atoms with Gasteiger partial charge in [0, 0.05) is 31.3 Å². The summed E-state index contributed by atoms with van der Waals surface area (Å²) in [5, 5.41) is 10.2.